The SMILES string of the molecule is CCN(CCCO)S(=O)(=O)CC#N. The molecule has 0 aliphatic heterocycles. The third-order valence-corrected chi connectivity index (χ3v) is 3.28. The standard InChI is InChI=1S/C7H14N2O3S/c1-2-9(5-3-6-10)13(11,12)7-4-8/h10H,2-3,5-7H2,1H3. The van der Waals surface area contributed by atoms with E-state index < -0.39 is 15.8 Å². The van der Waals surface area contributed by atoms with Crippen molar-refractivity contribution in [2.75, 3.05) is 25.4 Å². The fourth-order valence-corrected chi connectivity index (χ4v) is 2.06. The molecular formula is C7H14N2O3S. The lowest BCUT2D eigenvalue weighted by molar-refractivity contribution is 0.271. The van der Waals surface area contributed by atoms with E-state index in [9.17, 15) is 8.42 Å². The summed E-state index contributed by atoms with van der Waals surface area (Å²) in [5.74, 6) is -0.494. The first-order valence-electron chi connectivity index (χ1n) is 4.04. The monoisotopic (exact) mass is 206 g/mol. The number of hydrogen-bond acceptors (Lipinski definition) is 4. The molecule has 13 heavy (non-hydrogen) atoms. The molecule has 6 heteroatoms. The summed E-state index contributed by atoms with van der Waals surface area (Å²) in [6.07, 6.45) is 0.401. The molecule has 0 atom stereocenters. The van der Waals surface area contributed by atoms with Crippen LogP contribution in [-0.4, -0.2) is 43.3 Å². The number of aliphatic hydroxyl groups excluding tert-OH is 1. The van der Waals surface area contributed by atoms with Gasteiger partial charge in [-0.15, -0.1) is 0 Å². The Bertz CT molecular complexity index is 268. The van der Waals surface area contributed by atoms with Crippen molar-refractivity contribution in [1.29, 1.82) is 5.26 Å². The van der Waals surface area contributed by atoms with Crippen molar-refractivity contribution in [2.45, 2.75) is 13.3 Å². The zero-order chi connectivity index (χ0) is 10.3. The van der Waals surface area contributed by atoms with E-state index in [-0.39, 0.29) is 13.2 Å². The van der Waals surface area contributed by atoms with Crippen molar-refractivity contribution in [3.8, 4) is 6.07 Å². The van der Waals surface area contributed by atoms with Crippen LogP contribution in [0.1, 0.15) is 13.3 Å². The molecule has 76 valence electrons. The van der Waals surface area contributed by atoms with Gasteiger partial charge in [-0.2, -0.15) is 5.26 Å². The first-order chi connectivity index (χ1) is 6.08. The Kier molecular flexibility index (Phi) is 5.62. The second-order valence-corrected chi connectivity index (χ2v) is 4.45. The number of rotatable bonds is 6. The topological polar surface area (TPSA) is 81.4 Å². The van der Waals surface area contributed by atoms with Crippen molar-refractivity contribution < 1.29 is 13.5 Å². The first kappa shape index (κ1) is 12.4. The Morgan fingerprint density at radius 2 is 2.15 bits per heavy atom. The van der Waals surface area contributed by atoms with Gasteiger partial charge in [-0.3, -0.25) is 0 Å². The highest BCUT2D eigenvalue weighted by atomic mass is 32.2. The average Bonchev–Trinajstić information content (AvgIpc) is 2.05. The van der Waals surface area contributed by atoms with E-state index in [1.807, 2.05) is 0 Å². The summed E-state index contributed by atoms with van der Waals surface area (Å²) < 4.78 is 23.8. The van der Waals surface area contributed by atoms with Crippen LogP contribution >= 0.6 is 0 Å². The fraction of sp³-hybridized carbons (Fsp3) is 0.857. The van der Waals surface area contributed by atoms with Gasteiger partial charge in [-0.05, 0) is 6.42 Å². The smallest absolute Gasteiger partial charge is 0.227 e. The number of aliphatic hydroxyl groups is 1. The van der Waals surface area contributed by atoms with Crippen molar-refractivity contribution in [3.63, 3.8) is 0 Å². The molecule has 0 saturated heterocycles. The maximum atomic E-state index is 11.3. The predicted molar refractivity (Wildman–Crippen MR) is 48.3 cm³/mol. The minimum absolute atomic E-state index is 0.0431. The Hall–Kier alpha value is -0.640. The Morgan fingerprint density at radius 1 is 1.54 bits per heavy atom. The predicted octanol–water partition coefficient (Wildman–Crippen LogP) is -0.456. The van der Waals surface area contributed by atoms with E-state index in [2.05, 4.69) is 0 Å². The van der Waals surface area contributed by atoms with Gasteiger partial charge < -0.3 is 5.11 Å². The average molecular weight is 206 g/mol. The molecule has 0 amide bonds. The molecule has 0 heterocycles. The number of nitrogens with zero attached hydrogens (tertiary/aromatic N) is 2. The molecule has 0 radical (unpaired) electrons. The van der Waals surface area contributed by atoms with Crippen LogP contribution in [0, 0.1) is 11.3 Å². The molecule has 0 aliphatic carbocycles. The zero-order valence-corrected chi connectivity index (χ0v) is 8.42. The largest absolute Gasteiger partial charge is 0.396 e. The van der Waals surface area contributed by atoms with Crippen LogP contribution in [0.25, 0.3) is 0 Å². The molecule has 0 bridgehead atoms. The molecule has 0 rings (SSSR count). The Balaban J connectivity index is 4.31. The van der Waals surface area contributed by atoms with E-state index in [0.717, 1.165) is 0 Å². The van der Waals surface area contributed by atoms with Crippen LogP contribution in [0.4, 0.5) is 0 Å². The van der Waals surface area contributed by atoms with Crippen LogP contribution in [0.3, 0.4) is 0 Å². The molecule has 0 fully saturated rings. The minimum atomic E-state index is -3.43. The molecule has 5 nitrogen and oxygen atoms in total. The maximum Gasteiger partial charge on any atom is 0.227 e. The summed E-state index contributed by atoms with van der Waals surface area (Å²) in [7, 11) is -3.43. The molecule has 0 spiro atoms. The molecule has 0 unspecified atom stereocenters. The molecule has 0 aromatic rings. The second-order valence-electron chi connectivity index (χ2n) is 2.48. The first-order valence-corrected chi connectivity index (χ1v) is 5.65. The van der Waals surface area contributed by atoms with Gasteiger partial charge in [0.15, 0.2) is 5.75 Å². The normalized spacial score (nSPS) is 11.5. The molecular weight excluding hydrogens is 192 g/mol. The van der Waals surface area contributed by atoms with Crippen molar-refractivity contribution in [1.82, 2.24) is 4.31 Å². The van der Waals surface area contributed by atoms with Crippen LogP contribution in [0.5, 0.6) is 0 Å². The van der Waals surface area contributed by atoms with E-state index in [1.54, 1.807) is 13.0 Å². The van der Waals surface area contributed by atoms with Gasteiger partial charge >= 0.3 is 0 Å². The van der Waals surface area contributed by atoms with E-state index in [4.69, 9.17) is 10.4 Å². The van der Waals surface area contributed by atoms with Crippen molar-refractivity contribution >= 4 is 10.0 Å². The Morgan fingerprint density at radius 3 is 2.54 bits per heavy atom. The zero-order valence-electron chi connectivity index (χ0n) is 7.60. The van der Waals surface area contributed by atoms with Crippen LogP contribution in [0.2, 0.25) is 0 Å². The van der Waals surface area contributed by atoms with Crippen molar-refractivity contribution in [3.05, 3.63) is 0 Å². The van der Waals surface area contributed by atoms with Gasteiger partial charge in [0.2, 0.25) is 10.0 Å². The highest BCUT2D eigenvalue weighted by molar-refractivity contribution is 7.89. The number of nitriles is 1. The number of hydrogen-bond donors (Lipinski definition) is 1. The van der Waals surface area contributed by atoms with Crippen molar-refractivity contribution in [2.24, 2.45) is 0 Å². The molecule has 0 saturated carbocycles. The summed E-state index contributed by atoms with van der Waals surface area (Å²) >= 11 is 0. The van der Waals surface area contributed by atoms with Gasteiger partial charge in [0.25, 0.3) is 0 Å². The Labute approximate surface area is 78.6 Å². The second kappa shape index (κ2) is 5.91. The summed E-state index contributed by atoms with van der Waals surface area (Å²) in [5, 5.41) is 16.8. The molecule has 1 N–H and O–H groups in total. The summed E-state index contributed by atoms with van der Waals surface area (Å²) in [4.78, 5) is 0. The summed E-state index contributed by atoms with van der Waals surface area (Å²) in [6, 6.07) is 1.61. The van der Waals surface area contributed by atoms with Gasteiger partial charge in [-0.25, -0.2) is 12.7 Å². The lowest BCUT2D eigenvalue weighted by atomic mass is 10.4. The molecule has 0 aromatic carbocycles. The molecule has 0 aliphatic rings. The van der Waals surface area contributed by atoms with Crippen LogP contribution < -0.4 is 0 Å². The quantitative estimate of drug-likeness (QED) is 0.638. The third-order valence-electron chi connectivity index (χ3n) is 1.56. The van der Waals surface area contributed by atoms with Crippen LogP contribution in [-0.2, 0) is 10.0 Å². The fourth-order valence-electron chi connectivity index (χ4n) is 0.914. The minimum Gasteiger partial charge on any atom is -0.396 e. The highest BCUT2D eigenvalue weighted by Gasteiger charge is 2.18. The van der Waals surface area contributed by atoms with E-state index in [0.29, 0.717) is 13.0 Å². The van der Waals surface area contributed by atoms with E-state index in [1.165, 1.54) is 4.31 Å². The maximum absolute atomic E-state index is 11.3. The van der Waals surface area contributed by atoms with Crippen LogP contribution in [0.15, 0.2) is 0 Å². The lowest BCUT2D eigenvalue weighted by Crippen LogP contribution is -2.33. The summed E-state index contributed by atoms with van der Waals surface area (Å²) in [6.45, 7) is 2.27. The lowest BCUT2D eigenvalue weighted by Gasteiger charge is -2.17. The summed E-state index contributed by atoms with van der Waals surface area (Å²) in [5.41, 5.74) is 0. The van der Waals surface area contributed by atoms with Gasteiger partial charge in [0, 0.05) is 19.7 Å². The third kappa shape index (κ3) is 4.22. The van der Waals surface area contributed by atoms with Gasteiger partial charge in [0.05, 0.1) is 6.07 Å². The molecule has 0 aromatic heterocycles. The van der Waals surface area contributed by atoms with Gasteiger partial charge in [-0.1, -0.05) is 6.92 Å². The highest BCUT2D eigenvalue weighted by Crippen LogP contribution is 2.01. The van der Waals surface area contributed by atoms with Gasteiger partial charge in [0.1, 0.15) is 0 Å². The van der Waals surface area contributed by atoms with E-state index >= 15 is 0 Å². The number of sulfonamides is 1.